The number of hydrogen-bond donors (Lipinski definition) is 0. The van der Waals surface area contributed by atoms with Crippen LogP contribution in [-0.4, -0.2) is 27.3 Å². The normalized spacial score (nSPS) is 15.8. The van der Waals surface area contributed by atoms with Crippen molar-refractivity contribution in [3.8, 4) is 17.2 Å². The van der Waals surface area contributed by atoms with Gasteiger partial charge in [0.1, 0.15) is 17.2 Å². The summed E-state index contributed by atoms with van der Waals surface area (Å²) in [6.07, 6.45) is -0.586. The maximum Gasteiger partial charge on any atom is 0.339 e. The molecule has 1 unspecified atom stereocenters. The van der Waals surface area contributed by atoms with E-state index >= 15 is 0 Å². The molecule has 1 atom stereocenters. The number of rotatable bonds is 4. The Morgan fingerprint density at radius 2 is 1.83 bits per heavy atom. The van der Waals surface area contributed by atoms with Crippen LogP contribution >= 0.6 is 0 Å². The minimum Gasteiger partial charge on any atom is -0.497 e. The largest absolute Gasteiger partial charge is 0.497 e. The van der Waals surface area contributed by atoms with Gasteiger partial charge in [0, 0.05) is 5.56 Å². The van der Waals surface area contributed by atoms with Crippen molar-refractivity contribution in [2.45, 2.75) is 13.0 Å². The molecule has 0 fully saturated rings. The van der Waals surface area contributed by atoms with Gasteiger partial charge in [0.25, 0.3) is 0 Å². The molecule has 23 heavy (non-hydrogen) atoms. The number of carbonyl (C=O) groups is 1. The lowest BCUT2D eigenvalue weighted by Gasteiger charge is -2.19. The van der Waals surface area contributed by atoms with E-state index in [1.807, 2.05) is 25.1 Å². The molecule has 1 aliphatic heterocycles. The second-order valence-electron chi connectivity index (χ2n) is 5.27. The Labute approximate surface area is 134 Å². The van der Waals surface area contributed by atoms with Crippen LogP contribution < -0.4 is 14.2 Å². The van der Waals surface area contributed by atoms with Crippen LogP contribution in [-0.2, 0) is 4.74 Å². The van der Waals surface area contributed by atoms with Crippen molar-refractivity contribution in [2.24, 2.45) is 0 Å². The summed E-state index contributed by atoms with van der Waals surface area (Å²) in [5.74, 6) is 1.59. The van der Waals surface area contributed by atoms with Crippen molar-refractivity contribution in [1.29, 1.82) is 0 Å². The number of fused-ring (bicyclic) bond motifs is 1. The number of aryl methyl sites for hydroxylation is 1. The minimum atomic E-state index is -0.586. The quantitative estimate of drug-likeness (QED) is 0.811. The summed E-state index contributed by atoms with van der Waals surface area (Å²) in [6.45, 7) is 1.92. The molecule has 0 saturated carbocycles. The maximum atomic E-state index is 12.2. The first-order chi connectivity index (χ1) is 11.1. The molecule has 0 spiro atoms. The fourth-order valence-corrected chi connectivity index (χ4v) is 2.98. The molecule has 120 valence electrons. The zero-order chi connectivity index (χ0) is 16.6. The van der Waals surface area contributed by atoms with Crippen LogP contribution in [0.1, 0.15) is 33.2 Å². The first-order valence-corrected chi connectivity index (χ1v) is 7.21. The van der Waals surface area contributed by atoms with E-state index < -0.39 is 6.10 Å². The SMILES string of the molecule is COc1cc(C)c(OC)c(C2OC(=O)c3cccc(OC)c32)c1. The third-order valence-electron chi connectivity index (χ3n) is 3.99. The van der Waals surface area contributed by atoms with Crippen LogP contribution in [0.3, 0.4) is 0 Å². The van der Waals surface area contributed by atoms with Crippen LogP contribution in [0.2, 0.25) is 0 Å². The summed E-state index contributed by atoms with van der Waals surface area (Å²) >= 11 is 0. The van der Waals surface area contributed by atoms with E-state index in [1.165, 1.54) is 0 Å². The van der Waals surface area contributed by atoms with Gasteiger partial charge in [-0.05, 0) is 36.8 Å². The number of esters is 1. The third kappa shape index (κ3) is 2.38. The predicted molar refractivity (Wildman–Crippen MR) is 84.5 cm³/mol. The van der Waals surface area contributed by atoms with Crippen LogP contribution in [0.4, 0.5) is 0 Å². The van der Waals surface area contributed by atoms with Gasteiger partial charge in [-0.1, -0.05) is 6.07 Å². The van der Waals surface area contributed by atoms with Gasteiger partial charge in [-0.3, -0.25) is 0 Å². The molecule has 3 rings (SSSR count). The van der Waals surface area contributed by atoms with E-state index in [9.17, 15) is 4.79 Å². The number of benzene rings is 2. The van der Waals surface area contributed by atoms with Gasteiger partial charge in [-0.25, -0.2) is 4.79 Å². The van der Waals surface area contributed by atoms with Crippen molar-refractivity contribution in [2.75, 3.05) is 21.3 Å². The molecular formula is C18H18O5. The number of methoxy groups -OCH3 is 3. The molecule has 1 aliphatic rings. The molecule has 5 nitrogen and oxygen atoms in total. The summed E-state index contributed by atoms with van der Waals surface area (Å²) in [6, 6.07) is 9.02. The summed E-state index contributed by atoms with van der Waals surface area (Å²) in [4.78, 5) is 12.2. The van der Waals surface area contributed by atoms with Crippen LogP contribution in [0.15, 0.2) is 30.3 Å². The monoisotopic (exact) mass is 314 g/mol. The lowest BCUT2D eigenvalue weighted by molar-refractivity contribution is 0.0450. The first-order valence-electron chi connectivity index (χ1n) is 7.21. The Balaban J connectivity index is 2.23. The van der Waals surface area contributed by atoms with E-state index in [1.54, 1.807) is 33.5 Å². The molecule has 0 amide bonds. The number of carbonyl (C=O) groups excluding carboxylic acids is 1. The molecule has 2 aromatic rings. The Hall–Kier alpha value is -2.69. The smallest absolute Gasteiger partial charge is 0.339 e. The highest BCUT2D eigenvalue weighted by Crippen LogP contribution is 2.45. The second-order valence-corrected chi connectivity index (χ2v) is 5.27. The highest BCUT2D eigenvalue weighted by Gasteiger charge is 2.37. The average molecular weight is 314 g/mol. The molecule has 0 radical (unpaired) electrons. The fraction of sp³-hybridized carbons (Fsp3) is 0.278. The van der Waals surface area contributed by atoms with Gasteiger partial charge < -0.3 is 18.9 Å². The molecule has 0 aliphatic carbocycles. The molecule has 0 N–H and O–H groups in total. The molecular weight excluding hydrogens is 296 g/mol. The van der Waals surface area contributed by atoms with Crippen LogP contribution in [0.5, 0.6) is 17.2 Å². The molecule has 0 aromatic heterocycles. The lowest BCUT2D eigenvalue weighted by Crippen LogP contribution is -2.06. The van der Waals surface area contributed by atoms with E-state index in [2.05, 4.69) is 0 Å². The van der Waals surface area contributed by atoms with Gasteiger partial charge in [0.2, 0.25) is 0 Å². The molecule has 0 saturated heterocycles. The molecule has 0 bridgehead atoms. The zero-order valence-corrected chi connectivity index (χ0v) is 13.5. The van der Waals surface area contributed by atoms with Crippen molar-refractivity contribution < 1.29 is 23.7 Å². The first kappa shape index (κ1) is 15.2. The van der Waals surface area contributed by atoms with Crippen LogP contribution in [0.25, 0.3) is 0 Å². The highest BCUT2D eigenvalue weighted by molar-refractivity contribution is 5.95. The van der Waals surface area contributed by atoms with Crippen molar-refractivity contribution in [3.05, 3.63) is 52.6 Å². The van der Waals surface area contributed by atoms with Crippen LogP contribution in [0, 0.1) is 6.92 Å². The van der Waals surface area contributed by atoms with E-state index in [-0.39, 0.29) is 5.97 Å². The Kier molecular flexibility index (Phi) is 3.86. The van der Waals surface area contributed by atoms with Gasteiger partial charge in [-0.2, -0.15) is 0 Å². The maximum absolute atomic E-state index is 12.2. The highest BCUT2D eigenvalue weighted by atomic mass is 16.6. The minimum absolute atomic E-state index is 0.369. The zero-order valence-electron chi connectivity index (χ0n) is 13.5. The molecule has 5 heteroatoms. The standard InChI is InChI=1S/C18H18O5/c1-10-8-11(20-2)9-13(16(10)22-4)17-15-12(18(19)23-17)6-5-7-14(15)21-3/h5-9,17H,1-4H3. The Bertz CT molecular complexity index is 766. The van der Waals surface area contributed by atoms with Crippen molar-refractivity contribution >= 4 is 5.97 Å². The van der Waals surface area contributed by atoms with Gasteiger partial charge in [-0.15, -0.1) is 0 Å². The van der Waals surface area contributed by atoms with Crippen molar-refractivity contribution in [3.63, 3.8) is 0 Å². The van der Waals surface area contributed by atoms with E-state index in [0.29, 0.717) is 28.4 Å². The summed E-state index contributed by atoms with van der Waals surface area (Å²) in [5, 5.41) is 0. The number of hydrogen-bond acceptors (Lipinski definition) is 5. The Morgan fingerprint density at radius 3 is 2.48 bits per heavy atom. The predicted octanol–water partition coefficient (Wildman–Crippen LogP) is 3.28. The third-order valence-corrected chi connectivity index (χ3v) is 3.99. The van der Waals surface area contributed by atoms with E-state index in [0.717, 1.165) is 11.1 Å². The number of cyclic esters (lactones) is 1. The molecule has 2 aromatic carbocycles. The average Bonchev–Trinajstić information content (AvgIpc) is 2.91. The summed E-state index contributed by atoms with van der Waals surface area (Å²) in [5.41, 5.74) is 2.87. The van der Waals surface area contributed by atoms with Gasteiger partial charge in [0.05, 0.1) is 32.5 Å². The second kappa shape index (κ2) is 5.83. The fourth-order valence-electron chi connectivity index (χ4n) is 2.98. The van der Waals surface area contributed by atoms with Gasteiger partial charge >= 0.3 is 5.97 Å². The van der Waals surface area contributed by atoms with E-state index in [4.69, 9.17) is 18.9 Å². The summed E-state index contributed by atoms with van der Waals surface area (Å²) < 4.78 is 21.9. The van der Waals surface area contributed by atoms with Gasteiger partial charge in [0.15, 0.2) is 6.10 Å². The topological polar surface area (TPSA) is 54.0 Å². The Morgan fingerprint density at radius 1 is 1.04 bits per heavy atom. The summed E-state index contributed by atoms with van der Waals surface area (Å²) in [7, 11) is 4.77. The van der Waals surface area contributed by atoms with Crippen molar-refractivity contribution in [1.82, 2.24) is 0 Å². The lowest BCUT2D eigenvalue weighted by atomic mass is 9.96. The number of ether oxygens (including phenoxy) is 4. The molecule has 1 heterocycles.